The summed E-state index contributed by atoms with van der Waals surface area (Å²) in [6.07, 6.45) is 3.97. The van der Waals surface area contributed by atoms with E-state index in [1.165, 1.54) is 25.7 Å². The van der Waals surface area contributed by atoms with Gasteiger partial charge in [0.2, 0.25) is 0 Å². The van der Waals surface area contributed by atoms with Crippen molar-refractivity contribution >= 4 is 41.1 Å². The third-order valence-corrected chi connectivity index (χ3v) is 6.97. The molecule has 0 spiro atoms. The molecule has 2 aromatic carbocycles. The maximum atomic E-state index is 6.12. The van der Waals surface area contributed by atoms with E-state index in [0.29, 0.717) is 0 Å². The van der Waals surface area contributed by atoms with Gasteiger partial charge >= 0.3 is 147 Å². The van der Waals surface area contributed by atoms with Gasteiger partial charge in [-0.1, -0.05) is 0 Å². The van der Waals surface area contributed by atoms with Gasteiger partial charge in [-0.15, -0.1) is 0 Å². The summed E-state index contributed by atoms with van der Waals surface area (Å²) in [5.41, 5.74) is 4.94. The SMILES string of the molecule is Cc1ccc(N2c3ccccc3[Se]c3ccoc32)c2c1CCCO2. The first kappa shape index (κ1) is 14.2. The van der Waals surface area contributed by atoms with Crippen LogP contribution in [0.1, 0.15) is 17.5 Å². The summed E-state index contributed by atoms with van der Waals surface area (Å²) in [6.45, 7) is 2.96. The van der Waals surface area contributed by atoms with Crippen molar-refractivity contribution in [3.8, 4) is 5.75 Å². The molecule has 4 heteroatoms. The van der Waals surface area contributed by atoms with E-state index in [2.05, 4.69) is 54.3 Å². The summed E-state index contributed by atoms with van der Waals surface area (Å²) in [4.78, 5) is 2.24. The molecule has 0 amide bonds. The molecule has 2 aliphatic heterocycles. The fraction of sp³-hybridized carbons (Fsp3) is 0.200. The van der Waals surface area contributed by atoms with E-state index in [0.717, 1.165) is 36.8 Å². The molecule has 3 nitrogen and oxygen atoms in total. The summed E-state index contributed by atoms with van der Waals surface area (Å²) >= 11 is 0.279. The van der Waals surface area contributed by atoms with Crippen LogP contribution in [0.25, 0.3) is 0 Å². The maximum absolute atomic E-state index is 6.12. The van der Waals surface area contributed by atoms with Crippen molar-refractivity contribution in [2.75, 3.05) is 11.5 Å². The number of ether oxygens (including phenoxy) is 1. The van der Waals surface area contributed by atoms with Crippen LogP contribution >= 0.6 is 0 Å². The Labute approximate surface area is 147 Å². The van der Waals surface area contributed by atoms with Gasteiger partial charge in [-0.3, -0.25) is 0 Å². The van der Waals surface area contributed by atoms with Crippen LogP contribution < -0.4 is 18.6 Å². The predicted octanol–water partition coefficient (Wildman–Crippen LogP) is 3.35. The number of rotatable bonds is 1. The fourth-order valence-electron chi connectivity index (χ4n) is 3.51. The molecule has 0 fully saturated rings. The average Bonchev–Trinajstić information content (AvgIpc) is 3.09. The van der Waals surface area contributed by atoms with E-state index in [1.54, 1.807) is 6.26 Å². The van der Waals surface area contributed by atoms with Crippen molar-refractivity contribution < 1.29 is 9.15 Å². The molecule has 0 saturated carbocycles. The topological polar surface area (TPSA) is 25.6 Å². The normalized spacial score (nSPS) is 15.3. The molecule has 24 heavy (non-hydrogen) atoms. The van der Waals surface area contributed by atoms with E-state index < -0.39 is 0 Å². The second kappa shape index (κ2) is 5.44. The number of benzene rings is 2. The Kier molecular flexibility index (Phi) is 3.22. The van der Waals surface area contributed by atoms with E-state index in [-0.39, 0.29) is 15.0 Å². The zero-order valence-electron chi connectivity index (χ0n) is 13.4. The fourth-order valence-corrected chi connectivity index (χ4v) is 5.60. The van der Waals surface area contributed by atoms with Gasteiger partial charge in [0, 0.05) is 0 Å². The number of hydrogen-bond acceptors (Lipinski definition) is 3. The molecule has 0 atom stereocenters. The average molecular weight is 382 g/mol. The Morgan fingerprint density at radius 1 is 1.00 bits per heavy atom. The van der Waals surface area contributed by atoms with Crippen LogP contribution in [0.2, 0.25) is 0 Å². The summed E-state index contributed by atoms with van der Waals surface area (Å²) < 4.78 is 14.7. The number of para-hydroxylation sites is 1. The zero-order valence-corrected chi connectivity index (χ0v) is 15.1. The molecule has 2 aliphatic rings. The molecule has 0 saturated heterocycles. The van der Waals surface area contributed by atoms with E-state index >= 15 is 0 Å². The predicted molar refractivity (Wildman–Crippen MR) is 97.0 cm³/mol. The number of fused-ring (bicyclic) bond motifs is 3. The van der Waals surface area contributed by atoms with Gasteiger partial charge in [0.15, 0.2) is 0 Å². The molecule has 5 rings (SSSR count). The Bertz CT molecular complexity index is 931. The molecule has 0 radical (unpaired) electrons. The van der Waals surface area contributed by atoms with Gasteiger partial charge in [-0.2, -0.15) is 0 Å². The van der Waals surface area contributed by atoms with Gasteiger partial charge in [-0.05, 0) is 0 Å². The summed E-state index contributed by atoms with van der Waals surface area (Å²) in [5, 5.41) is 0. The standard InChI is InChI=1S/C20H17NO2Se/c1-13-8-9-16(19-14(13)5-4-11-22-19)21-15-6-2-3-7-17(15)24-18-10-12-23-20(18)21/h2-3,6-10,12H,4-5,11H2,1H3. The van der Waals surface area contributed by atoms with Crippen LogP contribution in [0, 0.1) is 6.92 Å². The molecule has 1 aromatic heterocycles. The number of anilines is 3. The number of furan rings is 1. The van der Waals surface area contributed by atoms with Crippen molar-refractivity contribution in [1.82, 2.24) is 0 Å². The third-order valence-electron chi connectivity index (χ3n) is 4.67. The minimum absolute atomic E-state index is 0.279. The second-order valence-electron chi connectivity index (χ2n) is 6.16. The van der Waals surface area contributed by atoms with Crippen LogP contribution in [0.4, 0.5) is 17.3 Å². The zero-order chi connectivity index (χ0) is 16.1. The third kappa shape index (κ3) is 2.03. The van der Waals surface area contributed by atoms with E-state index in [4.69, 9.17) is 9.15 Å². The van der Waals surface area contributed by atoms with Crippen molar-refractivity contribution in [2.45, 2.75) is 19.8 Å². The van der Waals surface area contributed by atoms with Crippen LogP contribution in [0.3, 0.4) is 0 Å². The van der Waals surface area contributed by atoms with Crippen molar-refractivity contribution in [3.05, 3.63) is 59.9 Å². The van der Waals surface area contributed by atoms with Crippen molar-refractivity contribution in [3.63, 3.8) is 0 Å². The molecule has 0 bridgehead atoms. The van der Waals surface area contributed by atoms with Crippen molar-refractivity contribution in [2.24, 2.45) is 0 Å². The summed E-state index contributed by atoms with van der Waals surface area (Å²) in [7, 11) is 0. The van der Waals surface area contributed by atoms with Crippen LogP contribution in [-0.2, 0) is 6.42 Å². The molecular weight excluding hydrogens is 365 g/mol. The monoisotopic (exact) mass is 383 g/mol. The first-order chi connectivity index (χ1) is 11.8. The number of hydrogen-bond donors (Lipinski definition) is 0. The first-order valence-electron chi connectivity index (χ1n) is 8.23. The Morgan fingerprint density at radius 3 is 2.88 bits per heavy atom. The van der Waals surface area contributed by atoms with E-state index in [1.807, 2.05) is 0 Å². The Hall–Kier alpha value is -2.16. The van der Waals surface area contributed by atoms with E-state index in [9.17, 15) is 0 Å². The molecular formula is C20H17NO2Se. The first-order valence-corrected chi connectivity index (χ1v) is 9.94. The van der Waals surface area contributed by atoms with Crippen LogP contribution in [0.15, 0.2) is 53.1 Å². The minimum atomic E-state index is 0.279. The van der Waals surface area contributed by atoms with Gasteiger partial charge in [-0.25, -0.2) is 0 Å². The van der Waals surface area contributed by atoms with Gasteiger partial charge in [0.05, 0.1) is 0 Å². The van der Waals surface area contributed by atoms with Gasteiger partial charge in [0.25, 0.3) is 0 Å². The van der Waals surface area contributed by atoms with Crippen LogP contribution in [0.5, 0.6) is 5.75 Å². The van der Waals surface area contributed by atoms with Gasteiger partial charge in [0.1, 0.15) is 0 Å². The quantitative estimate of drug-likeness (QED) is 0.472. The molecule has 0 aliphatic carbocycles. The Morgan fingerprint density at radius 2 is 1.92 bits per heavy atom. The second-order valence-corrected chi connectivity index (χ2v) is 8.43. The molecule has 0 unspecified atom stereocenters. The number of aryl methyl sites for hydroxylation is 1. The summed E-state index contributed by atoms with van der Waals surface area (Å²) in [6, 6.07) is 15.1. The molecule has 3 heterocycles. The van der Waals surface area contributed by atoms with Gasteiger partial charge < -0.3 is 0 Å². The summed E-state index contributed by atoms with van der Waals surface area (Å²) in [5.74, 6) is 1.96. The Balaban J connectivity index is 1.77. The molecule has 3 aromatic rings. The van der Waals surface area contributed by atoms with Crippen molar-refractivity contribution in [1.29, 1.82) is 0 Å². The molecule has 120 valence electrons. The number of nitrogens with zero attached hydrogens (tertiary/aromatic N) is 1. The molecule has 0 N–H and O–H groups in total. The van der Waals surface area contributed by atoms with Crippen LogP contribution in [-0.4, -0.2) is 21.6 Å².